The number of aliphatic carboxylic acids is 1. The first-order valence-corrected chi connectivity index (χ1v) is 5.14. The van der Waals surface area contributed by atoms with Crippen LogP contribution < -0.4 is 0 Å². The van der Waals surface area contributed by atoms with E-state index in [1.807, 2.05) is 0 Å². The lowest BCUT2D eigenvalue weighted by Gasteiger charge is -2.20. The van der Waals surface area contributed by atoms with Crippen LogP contribution >= 0.6 is 0 Å². The lowest BCUT2D eigenvalue weighted by Crippen LogP contribution is -2.19. The zero-order chi connectivity index (χ0) is 10.8. The van der Waals surface area contributed by atoms with E-state index in [1.165, 1.54) is 19.3 Å². The fourth-order valence-corrected chi connectivity index (χ4v) is 1.19. The third kappa shape index (κ3) is 9.48. The van der Waals surface area contributed by atoms with Gasteiger partial charge in [-0.1, -0.05) is 19.8 Å². The first-order valence-electron chi connectivity index (χ1n) is 5.14. The number of carboxylic acids is 1. The van der Waals surface area contributed by atoms with Crippen LogP contribution in [0.15, 0.2) is 0 Å². The second kappa shape index (κ2) is 8.97. The van der Waals surface area contributed by atoms with E-state index < -0.39 is 5.97 Å². The summed E-state index contributed by atoms with van der Waals surface area (Å²) in [5.41, 5.74) is 0. The molecule has 0 aromatic carbocycles. The molecule has 1 saturated heterocycles. The number of rotatable bonds is 3. The third-order valence-corrected chi connectivity index (χ3v) is 1.84. The predicted octanol–water partition coefficient (Wildman–Crippen LogP) is 2.38. The molecule has 14 heavy (non-hydrogen) atoms. The molecule has 1 N–H and O–H groups in total. The molecule has 1 rings (SSSR count). The fourth-order valence-electron chi connectivity index (χ4n) is 1.19. The standard InChI is InChI=1S/C8H16O2.C2H4O2/c1-2-3-5-8-6-4-7-9-10-8;1-2(3)4/h8H,2-7H2,1H3;1H3,(H,3,4). The van der Waals surface area contributed by atoms with Crippen LogP contribution in [0.25, 0.3) is 0 Å². The molecule has 0 aliphatic carbocycles. The van der Waals surface area contributed by atoms with Crippen molar-refractivity contribution in [3.63, 3.8) is 0 Å². The monoisotopic (exact) mass is 204 g/mol. The Hall–Kier alpha value is -0.610. The van der Waals surface area contributed by atoms with Crippen LogP contribution in [-0.2, 0) is 14.6 Å². The molecule has 0 saturated carbocycles. The van der Waals surface area contributed by atoms with Crippen molar-refractivity contribution in [2.75, 3.05) is 6.61 Å². The summed E-state index contributed by atoms with van der Waals surface area (Å²) < 4.78 is 0. The van der Waals surface area contributed by atoms with Crippen molar-refractivity contribution in [2.45, 2.75) is 52.1 Å². The molecule has 4 heteroatoms. The third-order valence-electron chi connectivity index (χ3n) is 1.84. The molecule has 84 valence electrons. The van der Waals surface area contributed by atoms with Crippen molar-refractivity contribution >= 4 is 5.97 Å². The molecule has 0 aromatic heterocycles. The quantitative estimate of drug-likeness (QED) is 0.717. The van der Waals surface area contributed by atoms with E-state index in [1.54, 1.807) is 0 Å². The Morgan fingerprint density at radius 2 is 2.21 bits per heavy atom. The minimum absolute atomic E-state index is 0.383. The highest BCUT2D eigenvalue weighted by Crippen LogP contribution is 2.15. The first-order chi connectivity index (χ1) is 6.66. The SMILES string of the molecule is CC(=O)O.CCCCC1CCCOO1. The molecule has 0 radical (unpaired) electrons. The predicted molar refractivity (Wildman–Crippen MR) is 52.9 cm³/mol. The maximum absolute atomic E-state index is 9.00. The highest BCUT2D eigenvalue weighted by atomic mass is 17.2. The van der Waals surface area contributed by atoms with Gasteiger partial charge >= 0.3 is 0 Å². The molecule has 0 bridgehead atoms. The highest BCUT2D eigenvalue weighted by molar-refractivity contribution is 5.62. The Labute approximate surface area is 85.1 Å². The summed E-state index contributed by atoms with van der Waals surface area (Å²) in [6, 6.07) is 0. The van der Waals surface area contributed by atoms with Gasteiger partial charge in [0, 0.05) is 6.92 Å². The van der Waals surface area contributed by atoms with Crippen LogP contribution in [-0.4, -0.2) is 23.8 Å². The molecular formula is C10H20O4. The normalized spacial score (nSPS) is 20.9. The second-order valence-corrected chi connectivity index (χ2v) is 3.34. The van der Waals surface area contributed by atoms with Crippen molar-refractivity contribution in [3.05, 3.63) is 0 Å². The van der Waals surface area contributed by atoms with Crippen molar-refractivity contribution in [1.82, 2.24) is 0 Å². The van der Waals surface area contributed by atoms with E-state index in [-0.39, 0.29) is 0 Å². The summed E-state index contributed by atoms with van der Waals surface area (Å²) in [4.78, 5) is 19.0. The van der Waals surface area contributed by atoms with Crippen molar-refractivity contribution in [3.8, 4) is 0 Å². The minimum atomic E-state index is -0.833. The number of carbonyl (C=O) groups is 1. The Bertz CT molecular complexity index is 137. The summed E-state index contributed by atoms with van der Waals surface area (Å²) in [6.45, 7) is 4.06. The van der Waals surface area contributed by atoms with E-state index in [0.717, 1.165) is 26.4 Å². The molecule has 4 nitrogen and oxygen atoms in total. The Morgan fingerprint density at radius 3 is 2.64 bits per heavy atom. The fraction of sp³-hybridized carbons (Fsp3) is 0.900. The summed E-state index contributed by atoms with van der Waals surface area (Å²) in [5, 5.41) is 7.42. The van der Waals surface area contributed by atoms with Gasteiger partial charge in [-0.15, -0.1) is 0 Å². The zero-order valence-electron chi connectivity index (χ0n) is 8.99. The Balaban J connectivity index is 0.000000364. The van der Waals surface area contributed by atoms with E-state index in [2.05, 4.69) is 6.92 Å². The number of hydrogen-bond acceptors (Lipinski definition) is 3. The maximum atomic E-state index is 9.00. The Kier molecular flexibility index (Phi) is 8.57. The van der Waals surface area contributed by atoms with E-state index in [9.17, 15) is 0 Å². The lowest BCUT2D eigenvalue weighted by atomic mass is 10.1. The largest absolute Gasteiger partial charge is 0.481 e. The molecular weight excluding hydrogens is 184 g/mol. The molecule has 1 unspecified atom stereocenters. The van der Waals surface area contributed by atoms with Gasteiger partial charge in [0.15, 0.2) is 0 Å². The number of carboxylic acid groups (broad SMARTS) is 1. The second-order valence-electron chi connectivity index (χ2n) is 3.34. The molecule has 1 atom stereocenters. The topological polar surface area (TPSA) is 55.8 Å². The van der Waals surface area contributed by atoms with Crippen LogP contribution in [0.5, 0.6) is 0 Å². The molecule has 0 aromatic rings. The van der Waals surface area contributed by atoms with Gasteiger partial charge in [-0.05, 0) is 19.3 Å². The molecule has 1 aliphatic heterocycles. The van der Waals surface area contributed by atoms with Gasteiger partial charge in [0.25, 0.3) is 5.97 Å². The van der Waals surface area contributed by atoms with Crippen LogP contribution in [0.3, 0.4) is 0 Å². The van der Waals surface area contributed by atoms with Crippen molar-refractivity contribution in [1.29, 1.82) is 0 Å². The highest BCUT2D eigenvalue weighted by Gasteiger charge is 2.13. The molecule has 1 aliphatic rings. The van der Waals surface area contributed by atoms with Crippen LogP contribution in [0.1, 0.15) is 46.0 Å². The van der Waals surface area contributed by atoms with Gasteiger partial charge in [-0.25, -0.2) is 9.78 Å². The smallest absolute Gasteiger partial charge is 0.300 e. The number of hydrogen-bond donors (Lipinski definition) is 1. The minimum Gasteiger partial charge on any atom is -0.481 e. The van der Waals surface area contributed by atoms with Gasteiger partial charge in [0.1, 0.15) is 0 Å². The average molecular weight is 204 g/mol. The maximum Gasteiger partial charge on any atom is 0.300 e. The molecule has 0 spiro atoms. The molecule has 1 heterocycles. The van der Waals surface area contributed by atoms with E-state index in [4.69, 9.17) is 19.7 Å². The van der Waals surface area contributed by atoms with Gasteiger partial charge in [0.2, 0.25) is 0 Å². The van der Waals surface area contributed by atoms with Gasteiger partial charge in [-0.3, -0.25) is 4.79 Å². The van der Waals surface area contributed by atoms with Crippen LogP contribution in [0.2, 0.25) is 0 Å². The molecule has 0 amide bonds. The van der Waals surface area contributed by atoms with Crippen molar-refractivity contribution in [2.24, 2.45) is 0 Å². The van der Waals surface area contributed by atoms with Gasteiger partial charge in [0.05, 0.1) is 12.7 Å². The van der Waals surface area contributed by atoms with Gasteiger partial charge < -0.3 is 5.11 Å². The summed E-state index contributed by atoms with van der Waals surface area (Å²) in [7, 11) is 0. The van der Waals surface area contributed by atoms with E-state index >= 15 is 0 Å². The summed E-state index contributed by atoms with van der Waals surface area (Å²) in [6.07, 6.45) is 6.40. The summed E-state index contributed by atoms with van der Waals surface area (Å²) in [5.74, 6) is -0.833. The zero-order valence-corrected chi connectivity index (χ0v) is 8.99. The van der Waals surface area contributed by atoms with Crippen LogP contribution in [0, 0.1) is 0 Å². The van der Waals surface area contributed by atoms with Crippen molar-refractivity contribution < 1.29 is 19.7 Å². The average Bonchev–Trinajstić information content (AvgIpc) is 2.15. The van der Waals surface area contributed by atoms with Gasteiger partial charge in [-0.2, -0.15) is 0 Å². The Morgan fingerprint density at radius 1 is 1.57 bits per heavy atom. The first kappa shape index (κ1) is 13.4. The van der Waals surface area contributed by atoms with Crippen LogP contribution in [0.4, 0.5) is 0 Å². The van der Waals surface area contributed by atoms with E-state index in [0.29, 0.717) is 6.10 Å². The summed E-state index contributed by atoms with van der Waals surface area (Å²) >= 11 is 0. The molecule has 1 fully saturated rings. The lowest BCUT2D eigenvalue weighted by molar-refractivity contribution is -0.345. The number of unbranched alkanes of at least 4 members (excludes halogenated alkanes) is 1.